The summed E-state index contributed by atoms with van der Waals surface area (Å²) in [4.78, 5) is 26.5. The van der Waals surface area contributed by atoms with Gasteiger partial charge in [0.1, 0.15) is 17.3 Å². The fraction of sp³-hybridized carbons (Fsp3) is 0.412. The molecule has 1 aromatic carbocycles. The third-order valence-electron chi connectivity index (χ3n) is 4.94. The molecule has 3 aliphatic rings. The van der Waals surface area contributed by atoms with Crippen LogP contribution < -0.4 is 0 Å². The Morgan fingerprint density at radius 1 is 1.43 bits per heavy atom. The minimum Gasteiger partial charge on any atom is -0.469 e. The van der Waals surface area contributed by atoms with Crippen molar-refractivity contribution in [3.05, 3.63) is 47.8 Å². The number of nitrogens with zero attached hydrogens (tertiary/aromatic N) is 1. The van der Waals surface area contributed by atoms with E-state index in [0.717, 1.165) is 5.56 Å². The normalized spacial score (nSPS) is 34.1. The minimum atomic E-state index is -0.735. The van der Waals surface area contributed by atoms with Crippen LogP contribution in [0.5, 0.6) is 0 Å². The van der Waals surface area contributed by atoms with Gasteiger partial charge in [-0.2, -0.15) is 0 Å². The third-order valence-corrected chi connectivity index (χ3v) is 4.94. The monoisotopic (exact) mass is 317 g/mol. The molecule has 23 heavy (non-hydrogen) atoms. The average Bonchev–Trinajstić information content (AvgIpc) is 3.18. The van der Waals surface area contributed by atoms with Crippen molar-refractivity contribution in [2.45, 2.75) is 18.2 Å². The summed E-state index contributed by atoms with van der Waals surface area (Å²) < 4.78 is 23.8. The highest BCUT2D eigenvalue weighted by Crippen LogP contribution is 2.52. The molecule has 0 saturated carbocycles. The van der Waals surface area contributed by atoms with Crippen LogP contribution in [-0.4, -0.2) is 42.1 Å². The Bertz CT molecular complexity index is 701. The number of esters is 1. The Hall–Kier alpha value is -2.21. The van der Waals surface area contributed by atoms with Crippen molar-refractivity contribution in [2.75, 3.05) is 13.7 Å². The molecule has 0 radical (unpaired) electrons. The topological polar surface area (TPSA) is 55.8 Å². The van der Waals surface area contributed by atoms with Crippen LogP contribution in [0.1, 0.15) is 5.56 Å². The lowest BCUT2D eigenvalue weighted by Crippen LogP contribution is -2.39. The lowest BCUT2D eigenvalue weighted by molar-refractivity contribution is -0.151. The molecule has 2 bridgehead atoms. The summed E-state index contributed by atoms with van der Waals surface area (Å²) in [5.74, 6) is -1.96. The molecular weight excluding hydrogens is 301 g/mol. The molecule has 4 atom stereocenters. The fourth-order valence-corrected chi connectivity index (χ4v) is 3.93. The molecule has 1 aromatic rings. The summed E-state index contributed by atoms with van der Waals surface area (Å²) in [6.45, 7) is 0.765. The number of fused-ring (bicyclic) bond motifs is 1. The van der Waals surface area contributed by atoms with Crippen molar-refractivity contribution in [1.82, 2.24) is 4.90 Å². The minimum absolute atomic E-state index is 0.114. The average molecular weight is 317 g/mol. The molecular formula is C17H16FNO4. The number of likely N-dealkylation sites (tertiary alicyclic amines) is 1. The second-order valence-electron chi connectivity index (χ2n) is 6.24. The highest BCUT2D eigenvalue weighted by molar-refractivity contribution is 5.91. The molecule has 0 N–H and O–H groups in total. The van der Waals surface area contributed by atoms with Gasteiger partial charge in [0.15, 0.2) is 0 Å². The van der Waals surface area contributed by atoms with Crippen LogP contribution in [0, 0.1) is 17.7 Å². The number of hydrogen-bond donors (Lipinski definition) is 0. The molecule has 6 heteroatoms. The lowest BCUT2D eigenvalue weighted by atomic mass is 9.77. The Morgan fingerprint density at radius 2 is 2.17 bits per heavy atom. The number of rotatable bonds is 3. The van der Waals surface area contributed by atoms with Crippen molar-refractivity contribution in [2.24, 2.45) is 11.8 Å². The van der Waals surface area contributed by atoms with Gasteiger partial charge in [-0.05, 0) is 17.7 Å². The number of halogens is 1. The standard InChI is InChI=1S/C17H16FNO4/c1-22-16(21)13-12-6-7-17(23-12)9-19(15(20)14(13)17)8-10-2-4-11(18)5-3-10/h2-7,12-14H,8-9H2,1H3/t12-,13-,14+,17-/m1/s1. The highest BCUT2D eigenvalue weighted by atomic mass is 19.1. The Labute approximate surface area is 132 Å². The van der Waals surface area contributed by atoms with E-state index in [4.69, 9.17) is 9.47 Å². The highest BCUT2D eigenvalue weighted by Gasteiger charge is 2.67. The van der Waals surface area contributed by atoms with Gasteiger partial charge in [-0.25, -0.2) is 4.39 Å². The predicted molar refractivity (Wildman–Crippen MR) is 77.6 cm³/mol. The van der Waals surface area contributed by atoms with E-state index in [1.165, 1.54) is 19.2 Å². The smallest absolute Gasteiger partial charge is 0.312 e. The molecule has 120 valence electrons. The SMILES string of the molecule is COC(=O)[C@H]1[C@H]2C(=O)N(Cc3ccc(F)cc3)C[C@]23C=C[C@H]1O3. The van der Waals surface area contributed by atoms with E-state index < -0.39 is 23.4 Å². The van der Waals surface area contributed by atoms with E-state index >= 15 is 0 Å². The molecule has 5 nitrogen and oxygen atoms in total. The van der Waals surface area contributed by atoms with Gasteiger partial charge < -0.3 is 14.4 Å². The number of ether oxygens (including phenoxy) is 2. The van der Waals surface area contributed by atoms with Crippen LogP contribution in [0.2, 0.25) is 0 Å². The molecule has 0 aromatic heterocycles. The predicted octanol–water partition coefficient (Wildman–Crippen LogP) is 1.28. The molecule has 3 heterocycles. The van der Waals surface area contributed by atoms with E-state index in [9.17, 15) is 14.0 Å². The van der Waals surface area contributed by atoms with Crippen molar-refractivity contribution in [3.63, 3.8) is 0 Å². The summed E-state index contributed by atoms with van der Waals surface area (Å²) >= 11 is 0. The van der Waals surface area contributed by atoms with Crippen molar-refractivity contribution < 1.29 is 23.5 Å². The second-order valence-corrected chi connectivity index (χ2v) is 6.24. The Kier molecular flexibility index (Phi) is 3.06. The molecule has 0 aliphatic carbocycles. The molecule has 3 aliphatic heterocycles. The zero-order chi connectivity index (χ0) is 16.2. The maximum absolute atomic E-state index is 13.0. The van der Waals surface area contributed by atoms with E-state index in [2.05, 4.69) is 0 Å². The first kappa shape index (κ1) is 14.4. The van der Waals surface area contributed by atoms with Crippen molar-refractivity contribution >= 4 is 11.9 Å². The number of methoxy groups -OCH3 is 1. The van der Waals surface area contributed by atoms with Crippen LogP contribution >= 0.6 is 0 Å². The maximum atomic E-state index is 13.0. The number of amides is 1. The summed E-state index contributed by atoms with van der Waals surface area (Å²) in [5, 5.41) is 0. The molecule has 1 spiro atoms. The molecule has 2 saturated heterocycles. The first-order valence-electron chi connectivity index (χ1n) is 7.52. The van der Waals surface area contributed by atoms with Gasteiger partial charge in [-0.3, -0.25) is 9.59 Å². The van der Waals surface area contributed by atoms with Gasteiger partial charge in [0.25, 0.3) is 0 Å². The summed E-state index contributed by atoms with van der Waals surface area (Å²) in [5.41, 5.74) is 0.102. The van der Waals surface area contributed by atoms with Crippen LogP contribution in [0.4, 0.5) is 4.39 Å². The first-order valence-corrected chi connectivity index (χ1v) is 7.52. The fourth-order valence-electron chi connectivity index (χ4n) is 3.93. The van der Waals surface area contributed by atoms with Gasteiger partial charge in [0, 0.05) is 6.54 Å². The van der Waals surface area contributed by atoms with Crippen molar-refractivity contribution in [1.29, 1.82) is 0 Å². The molecule has 0 unspecified atom stereocenters. The molecule has 1 amide bonds. The van der Waals surface area contributed by atoms with Gasteiger partial charge in [-0.1, -0.05) is 24.3 Å². The van der Waals surface area contributed by atoms with Gasteiger partial charge in [0.2, 0.25) is 5.91 Å². The van der Waals surface area contributed by atoms with E-state index in [1.807, 2.05) is 12.2 Å². The summed E-state index contributed by atoms with van der Waals surface area (Å²) in [6.07, 6.45) is 3.35. The lowest BCUT2D eigenvalue weighted by Gasteiger charge is -2.22. The van der Waals surface area contributed by atoms with Gasteiger partial charge >= 0.3 is 5.97 Å². The van der Waals surface area contributed by atoms with Crippen molar-refractivity contribution in [3.8, 4) is 0 Å². The second kappa shape index (κ2) is 4.89. The number of hydrogen-bond acceptors (Lipinski definition) is 4. The third kappa shape index (κ3) is 2.01. The molecule has 4 rings (SSSR count). The number of carbonyl (C=O) groups is 2. The molecule has 2 fully saturated rings. The number of carbonyl (C=O) groups excluding carboxylic acids is 2. The van der Waals surface area contributed by atoms with Crippen LogP contribution in [-0.2, 0) is 25.6 Å². The zero-order valence-electron chi connectivity index (χ0n) is 12.6. The van der Waals surface area contributed by atoms with Crippen LogP contribution in [0.15, 0.2) is 36.4 Å². The summed E-state index contributed by atoms with van der Waals surface area (Å²) in [6, 6.07) is 6.04. The van der Waals surface area contributed by atoms with Crippen LogP contribution in [0.3, 0.4) is 0 Å². The maximum Gasteiger partial charge on any atom is 0.312 e. The Balaban J connectivity index is 1.60. The quantitative estimate of drug-likeness (QED) is 0.622. The summed E-state index contributed by atoms with van der Waals surface area (Å²) in [7, 11) is 1.32. The largest absolute Gasteiger partial charge is 0.469 e. The Morgan fingerprint density at radius 3 is 2.87 bits per heavy atom. The van der Waals surface area contributed by atoms with Gasteiger partial charge in [-0.15, -0.1) is 0 Å². The van der Waals surface area contributed by atoms with E-state index in [1.54, 1.807) is 17.0 Å². The zero-order valence-corrected chi connectivity index (χ0v) is 12.6. The van der Waals surface area contributed by atoms with E-state index in [-0.39, 0.29) is 17.8 Å². The van der Waals surface area contributed by atoms with Gasteiger partial charge in [0.05, 0.1) is 25.7 Å². The van der Waals surface area contributed by atoms with E-state index in [0.29, 0.717) is 13.1 Å². The van der Waals surface area contributed by atoms with Crippen LogP contribution in [0.25, 0.3) is 0 Å². The first-order chi connectivity index (χ1) is 11.0. The number of benzene rings is 1.